The third-order valence-electron chi connectivity index (χ3n) is 3.91. The van der Waals surface area contributed by atoms with Gasteiger partial charge in [-0.05, 0) is 75.0 Å². The zero-order valence-corrected chi connectivity index (χ0v) is 18.7. The molecule has 0 radical (unpaired) electrons. The van der Waals surface area contributed by atoms with Gasteiger partial charge in [0.25, 0.3) is 11.6 Å². The molecule has 0 saturated heterocycles. The summed E-state index contributed by atoms with van der Waals surface area (Å²) in [6.07, 6.45) is 1.64. The van der Waals surface area contributed by atoms with Crippen LogP contribution in [0, 0.1) is 24.0 Å². The Morgan fingerprint density at radius 2 is 1.79 bits per heavy atom. The Morgan fingerprint density at radius 3 is 2.38 bits per heavy atom. The molecule has 1 N–H and O–H groups in total. The molecule has 0 atom stereocenters. The highest BCUT2D eigenvalue weighted by atomic mass is 79.9. The number of carbonyl (C=O) groups excluding carboxylic acids is 1. The monoisotopic (exact) mass is 522 g/mol. The zero-order chi connectivity index (χ0) is 21.1. The van der Waals surface area contributed by atoms with Gasteiger partial charge in [0.15, 0.2) is 12.4 Å². The lowest BCUT2D eigenvalue weighted by Crippen LogP contribution is -2.15. The van der Waals surface area contributed by atoms with Crippen LogP contribution in [0.3, 0.4) is 0 Å². The van der Waals surface area contributed by atoms with Crippen molar-refractivity contribution in [2.24, 2.45) is 0 Å². The van der Waals surface area contributed by atoms with E-state index in [1.807, 2.05) is 26.0 Å². The Bertz CT molecular complexity index is 1050. The molecule has 0 aliphatic rings. The van der Waals surface area contributed by atoms with Gasteiger partial charge in [0.2, 0.25) is 0 Å². The summed E-state index contributed by atoms with van der Waals surface area (Å²) < 4.78 is 7.99. The lowest BCUT2D eigenvalue weighted by Gasteiger charge is -2.09. The van der Waals surface area contributed by atoms with Crippen molar-refractivity contribution in [2.75, 3.05) is 5.32 Å². The molecule has 8 nitrogen and oxygen atoms in total. The molecular formula is C19H16Br2N4O4. The summed E-state index contributed by atoms with van der Waals surface area (Å²) in [4.78, 5) is 22.9. The van der Waals surface area contributed by atoms with E-state index >= 15 is 0 Å². The second-order valence-electron chi connectivity index (χ2n) is 6.33. The van der Waals surface area contributed by atoms with E-state index in [9.17, 15) is 14.9 Å². The fourth-order valence-electron chi connectivity index (χ4n) is 2.67. The predicted molar refractivity (Wildman–Crippen MR) is 115 cm³/mol. The summed E-state index contributed by atoms with van der Waals surface area (Å²) >= 11 is 6.48. The molecule has 0 aliphatic carbocycles. The minimum absolute atomic E-state index is 0.102. The number of nitrogens with one attached hydrogen (secondary N) is 1. The topological polar surface area (TPSA) is 99.3 Å². The molecule has 0 fully saturated rings. The molecule has 1 heterocycles. The number of aromatic nitrogens is 2. The normalized spacial score (nSPS) is 10.6. The molecule has 0 unspecified atom stereocenters. The average molecular weight is 524 g/mol. The molecule has 29 heavy (non-hydrogen) atoms. The summed E-state index contributed by atoms with van der Waals surface area (Å²) in [7, 11) is 0. The highest BCUT2D eigenvalue weighted by Crippen LogP contribution is 2.35. The number of amides is 1. The third kappa shape index (κ3) is 5.21. The van der Waals surface area contributed by atoms with Crippen LogP contribution in [0.25, 0.3) is 0 Å². The molecule has 0 bridgehead atoms. The number of nitrogens with zero attached hydrogens (tertiary/aromatic N) is 3. The maximum absolute atomic E-state index is 12.5. The molecule has 10 heteroatoms. The lowest BCUT2D eigenvalue weighted by atomic mass is 10.1. The summed E-state index contributed by atoms with van der Waals surface area (Å²) in [5.41, 5.74) is 2.65. The van der Waals surface area contributed by atoms with Gasteiger partial charge in [-0.3, -0.25) is 14.9 Å². The number of nitro benzene ring substituents is 1. The van der Waals surface area contributed by atoms with Crippen LogP contribution >= 0.6 is 31.9 Å². The molecule has 0 aliphatic heterocycles. The minimum Gasteiger partial charge on any atom is -0.471 e. The van der Waals surface area contributed by atoms with Crippen LogP contribution < -0.4 is 10.1 Å². The number of rotatable bonds is 6. The molecule has 2 aromatic carbocycles. The maximum atomic E-state index is 12.5. The molecule has 150 valence electrons. The first-order valence-corrected chi connectivity index (χ1v) is 10.0. The van der Waals surface area contributed by atoms with E-state index in [0.29, 0.717) is 14.6 Å². The molecule has 1 aromatic heterocycles. The molecule has 0 spiro atoms. The van der Waals surface area contributed by atoms with Crippen LogP contribution in [-0.2, 0) is 6.73 Å². The number of hydrogen-bond donors (Lipinski definition) is 1. The molecule has 1 amide bonds. The van der Waals surface area contributed by atoms with Gasteiger partial charge in [0, 0.05) is 27.3 Å². The maximum Gasteiger partial charge on any atom is 0.276 e. The quantitative estimate of drug-likeness (QED) is 0.352. The van der Waals surface area contributed by atoms with Gasteiger partial charge in [0.1, 0.15) is 5.75 Å². The first-order valence-electron chi connectivity index (χ1n) is 8.42. The van der Waals surface area contributed by atoms with Crippen molar-refractivity contribution in [2.45, 2.75) is 20.6 Å². The Kier molecular flexibility index (Phi) is 6.33. The van der Waals surface area contributed by atoms with Crippen LogP contribution in [0.5, 0.6) is 5.75 Å². The van der Waals surface area contributed by atoms with Gasteiger partial charge in [-0.1, -0.05) is 6.07 Å². The number of carbonyl (C=O) groups is 1. The van der Waals surface area contributed by atoms with Gasteiger partial charge in [-0.25, -0.2) is 4.68 Å². The van der Waals surface area contributed by atoms with E-state index in [1.54, 1.807) is 12.3 Å². The van der Waals surface area contributed by atoms with E-state index in [1.165, 1.54) is 16.8 Å². The predicted octanol–water partition coefficient (Wildman–Crippen LogP) is 5.22. The highest BCUT2D eigenvalue weighted by Gasteiger charge is 2.18. The summed E-state index contributed by atoms with van der Waals surface area (Å²) in [6.45, 7) is 4.14. The lowest BCUT2D eigenvalue weighted by molar-refractivity contribution is -0.385. The van der Waals surface area contributed by atoms with E-state index in [4.69, 9.17) is 4.74 Å². The highest BCUT2D eigenvalue weighted by molar-refractivity contribution is 9.11. The van der Waals surface area contributed by atoms with Crippen LogP contribution in [0.4, 0.5) is 11.4 Å². The summed E-state index contributed by atoms with van der Waals surface area (Å²) in [5, 5.41) is 17.8. The van der Waals surface area contributed by atoms with Crippen molar-refractivity contribution in [1.82, 2.24) is 9.78 Å². The molecule has 3 aromatic rings. The first kappa shape index (κ1) is 21.0. The van der Waals surface area contributed by atoms with Crippen molar-refractivity contribution in [3.05, 3.63) is 78.5 Å². The van der Waals surface area contributed by atoms with Crippen LogP contribution in [0.1, 0.15) is 21.6 Å². The Morgan fingerprint density at radius 1 is 1.17 bits per heavy atom. The zero-order valence-electron chi connectivity index (χ0n) is 15.5. The van der Waals surface area contributed by atoms with Crippen molar-refractivity contribution < 1.29 is 14.5 Å². The molecule has 3 rings (SSSR count). The van der Waals surface area contributed by atoms with Crippen molar-refractivity contribution >= 4 is 49.1 Å². The number of ether oxygens (including phenoxy) is 1. The van der Waals surface area contributed by atoms with Gasteiger partial charge < -0.3 is 10.1 Å². The Labute approximate surface area is 183 Å². The van der Waals surface area contributed by atoms with Crippen LogP contribution in [0.15, 0.2) is 51.5 Å². The summed E-state index contributed by atoms with van der Waals surface area (Å²) in [6, 6.07) is 10.1. The van der Waals surface area contributed by atoms with Crippen LogP contribution in [-0.4, -0.2) is 20.6 Å². The van der Waals surface area contributed by atoms with E-state index in [2.05, 4.69) is 48.3 Å². The minimum atomic E-state index is -0.515. The number of nitro groups is 1. The fraction of sp³-hybridized carbons (Fsp3) is 0.158. The second-order valence-corrected chi connectivity index (χ2v) is 8.04. The Balaban J connectivity index is 1.69. The fourth-order valence-corrected chi connectivity index (χ4v) is 4.03. The summed E-state index contributed by atoms with van der Waals surface area (Å²) in [5.74, 6) is 0.271. The number of non-ortho nitro benzene ring substituents is 1. The number of benzene rings is 2. The number of aryl methyl sites for hydroxylation is 2. The largest absolute Gasteiger partial charge is 0.471 e. The van der Waals surface area contributed by atoms with Crippen LogP contribution in [0.2, 0.25) is 0 Å². The van der Waals surface area contributed by atoms with E-state index < -0.39 is 10.8 Å². The SMILES string of the molecule is Cc1cc(C)cc(OCn2ccc(C(=O)Nc3c(Br)cc([N+](=O)[O-])cc3Br)n2)c1. The standard InChI is InChI=1S/C19H16Br2N4O4/c1-11-5-12(2)7-14(6-11)29-10-24-4-3-17(23-24)19(26)22-18-15(20)8-13(25(27)28)9-16(18)21/h3-9H,10H2,1-2H3,(H,22,26). The van der Waals surface area contributed by atoms with Crippen molar-refractivity contribution in [3.8, 4) is 5.75 Å². The first-order chi connectivity index (χ1) is 13.7. The number of anilines is 1. The average Bonchev–Trinajstić information content (AvgIpc) is 3.11. The van der Waals surface area contributed by atoms with Crippen molar-refractivity contribution in [1.29, 1.82) is 0 Å². The van der Waals surface area contributed by atoms with E-state index in [0.717, 1.165) is 16.9 Å². The number of hydrogen-bond acceptors (Lipinski definition) is 5. The van der Waals surface area contributed by atoms with Gasteiger partial charge in [-0.2, -0.15) is 5.10 Å². The third-order valence-corrected chi connectivity index (χ3v) is 5.16. The van der Waals surface area contributed by atoms with Gasteiger partial charge >= 0.3 is 0 Å². The van der Waals surface area contributed by atoms with Crippen molar-refractivity contribution in [3.63, 3.8) is 0 Å². The van der Waals surface area contributed by atoms with Gasteiger partial charge in [-0.15, -0.1) is 0 Å². The Hall–Kier alpha value is -2.72. The number of halogens is 2. The molecular weight excluding hydrogens is 508 g/mol. The molecule has 0 saturated carbocycles. The van der Waals surface area contributed by atoms with E-state index in [-0.39, 0.29) is 18.1 Å². The second kappa shape index (κ2) is 8.75. The van der Waals surface area contributed by atoms with Gasteiger partial charge in [0.05, 0.1) is 10.6 Å². The smallest absolute Gasteiger partial charge is 0.276 e.